The van der Waals surface area contributed by atoms with Gasteiger partial charge in [-0.15, -0.1) is 0 Å². The molecule has 0 saturated carbocycles. The lowest BCUT2D eigenvalue weighted by Gasteiger charge is -2.25. The van der Waals surface area contributed by atoms with Crippen LogP contribution in [-0.2, 0) is 10.3 Å². The van der Waals surface area contributed by atoms with Crippen LogP contribution >= 0.6 is 0 Å². The third kappa shape index (κ3) is 2.82. The molecule has 3 heteroatoms. The quantitative estimate of drug-likeness (QED) is 0.804. The molecule has 2 N–H and O–H groups in total. The molecule has 1 saturated heterocycles. The summed E-state index contributed by atoms with van der Waals surface area (Å²) in [7, 11) is 0. The van der Waals surface area contributed by atoms with Gasteiger partial charge >= 0.3 is 0 Å². The van der Waals surface area contributed by atoms with Crippen molar-refractivity contribution < 1.29 is 9.84 Å². The van der Waals surface area contributed by atoms with Crippen LogP contribution in [0.25, 0.3) is 0 Å². The predicted octanol–water partition coefficient (Wildman–Crippen LogP) is 1.27. The number of aliphatic hydroxyl groups is 1. The van der Waals surface area contributed by atoms with Crippen LogP contribution in [0.3, 0.4) is 0 Å². The summed E-state index contributed by atoms with van der Waals surface area (Å²) in [5, 5.41) is 13.5. The van der Waals surface area contributed by atoms with Gasteiger partial charge in [0.15, 0.2) is 0 Å². The summed E-state index contributed by atoms with van der Waals surface area (Å²) in [5.41, 5.74) is 0.00470. The van der Waals surface area contributed by atoms with Crippen LogP contribution in [0.5, 0.6) is 0 Å². The fourth-order valence-electron chi connectivity index (χ4n) is 1.93. The van der Waals surface area contributed by atoms with E-state index in [1.54, 1.807) is 6.92 Å². The summed E-state index contributed by atoms with van der Waals surface area (Å²) in [6.45, 7) is 4.05. The second-order valence-corrected chi connectivity index (χ2v) is 4.57. The highest BCUT2D eigenvalue weighted by atomic mass is 16.5. The van der Waals surface area contributed by atoms with Crippen molar-refractivity contribution in [2.45, 2.75) is 25.0 Å². The summed E-state index contributed by atoms with van der Waals surface area (Å²) in [4.78, 5) is 0. The average molecular weight is 221 g/mol. The topological polar surface area (TPSA) is 41.5 Å². The van der Waals surface area contributed by atoms with E-state index in [1.165, 1.54) is 0 Å². The Balaban J connectivity index is 1.92. The Kier molecular flexibility index (Phi) is 3.59. The first-order valence-corrected chi connectivity index (χ1v) is 5.79. The average Bonchev–Trinajstić information content (AvgIpc) is 2.81. The minimum atomic E-state index is -0.899. The standard InChI is InChI=1S/C13H19NO2/c1-13(15,11-5-3-2-4-6-11)10-16-12-7-8-14-9-12/h2-6,12,14-15H,7-10H2,1H3. The smallest absolute Gasteiger partial charge is 0.110 e. The van der Waals surface area contributed by atoms with Crippen molar-refractivity contribution in [2.24, 2.45) is 0 Å². The van der Waals surface area contributed by atoms with E-state index in [-0.39, 0.29) is 6.10 Å². The molecule has 2 unspecified atom stereocenters. The van der Waals surface area contributed by atoms with E-state index in [4.69, 9.17) is 4.74 Å². The van der Waals surface area contributed by atoms with Gasteiger partial charge in [0.05, 0.1) is 12.7 Å². The minimum Gasteiger partial charge on any atom is -0.383 e. The molecule has 0 amide bonds. The Bertz CT molecular complexity index is 318. The van der Waals surface area contributed by atoms with E-state index in [0.29, 0.717) is 6.61 Å². The zero-order valence-electron chi connectivity index (χ0n) is 9.65. The lowest BCUT2D eigenvalue weighted by molar-refractivity contribution is -0.0614. The first-order chi connectivity index (χ1) is 7.68. The number of ether oxygens (including phenoxy) is 1. The number of nitrogens with one attached hydrogen (secondary N) is 1. The van der Waals surface area contributed by atoms with E-state index in [2.05, 4.69) is 5.32 Å². The van der Waals surface area contributed by atoms with E-state index in [0.717, 1.165) is 25.1 Å². The van der Waals surface area contributed by atoms with Crippen molar-refractivity contribution in [2.75, 3.05) is 19.7 Å². The van der Waals surface area contributed by atoms with Gasteiger partial charge in [-0.3, -0.25) is 0 Å². The molecule has 88 valence electrons. The number of rotatable bonds is 4. The lowest BCUT2D eigenvalue weighted by Crippen LogP contribution is -2.31. The van der Waals surface area contributed by atoms with Crippen LogP contribution in [0.1, 0.15) is 18.9 Å². The maximum Gasteiger partial charge on any atom is 0.110 e. The molecule has 0 aliphatic carbocycles. The molecule has 1 aliphatic rings. The maximum atomic E-state index is 10.3. The molecule has 1 aromatic rings. The van der Waals surface area contributed by atoms with Crippen LogP contribution < -0.4 is 5.32 Å². The predicted molar refractivity (Wildman–Crippen MR) is 63.2 cm³/mol. The summed E-state index contributed by atoms with van der Waals surface area (Å²) in [6, 6.07) is 9.66. The zero-order chi connectivity index (χ0) is 11.4. The van der Waals surface area contributed by atoms with Crippen molar-refractivity contribution in [3.05, 3.63) is 35.9 Å². The fourth-order valence-corrected chi connectivity index (χ4v) is 1.93. The van der Waals surface area contributed by atoms with Crippen LogP contribution in [-0.4, -0.2) is 30.9 Å². The SMILES string of the molecule is CC(O)(COC1CCNC1)c1ccccc1. The van der Waals surface area contributed by atoms with Gasteiger partial charge in [0.25, 0.3) is 0 Å². The zero-order valence-corrected chi connectivity index (χ0v) is 9.65. The molecule has 0 bridgehead atoms. The molecule has 1 aliphatic heterocycles. The van der Waals surface area contributed by atoms with E-state index >= 15 is 0 Å². The Labute approximate surface area is 96.4 Å². The maximum absolute atomic E-state index is 10.3. The van der Waals surface area contributed by atoms with Crippen molar-refractivity contribution in [3.8, 4) is 0 Å². The molecule has 3 nitrogen and oxygen atoms in total. The van der Waals surface area contributed by atoms with Crippen molar-refractivity contribution in [1.29, 1.82) is 0 Å². The summed E-state index contributed by atoms with van der Waals surface area (Å²) < 4.78 is 5.71. The van der Waals surface area contributed by atoms with E-state index < -0.39 is 5.60 Å². The molecule has 1 fully saturated rings. The minimum absolute atomic E-state index is 0.246. The van der Waals surface area contributed by atoms with Crippen LogP contribution in [0, 0.1) is 0 Å². The molecular weight excluding hydrogens is 202 g/mol. The highest BCUT2D eigenvalue weighted by molar-refractivity contribution is 5.21. The Morgan fingerprint density at radius 1 is 1.44 bits per heavy atom. The first kappa shape index (κ1) is 11.6. The normalized spacial score (nSPS) is 24.2. The van der Waals surface area contributed by atoms with Crippen molar-refractivity contribution in [1.82, 2.24) is 5.32 Å². The van der Waals surface area contributed by atoms with Gasteiger partial charge in [0, 0.05) is 6.54 Å². The molecule has 0 radical (unpaired) electrons. The van der Waals surface area contributed by atoms with Gasteiger partial charge in [-0.25, -0.2) is 0 Å². The molecule has 0 aromatic heterocycles. The second kappa shape index (κ2) is 4.95. The van der Waals surface area contributed by atoms with Crippen LogP contribution in [0.4, 0.5) is 0 Å². The molecule has 1 heterocycles. The highest BCUT2D eigenvalue weighted by Crippen LogP contribution is 2.21. The van der Waals surface area contributed by atoms with Gasteiger partial charge in [-0.2, -0.15) is 0 Å². The molecule has 2 atom stereocenters. The first-order valence-electron chi connectivity index (χ1n) is 5.79. The monoisotopic (exact) mass is 221 g/mol. The Hall–Kier alpha value is -0.900. The van der Waals surface area contributed by atoms with Crippen molar-refractivity contribution in [3.63, 3.8) is 0 Å². The number of hydrogen-bond donors (Lipinski definition) is 2. The summed E-state index contributed by atoms with van der Waals surface area (Å²) in [5.74, 6) is 0. The molecule has 0 spiro atoms. The summed E-state index contributed by atoms with van der Waals surface area (Å²) in [6.07, 6.45) is 1.28. The Morgan fingerprint density at radius 3 is 2.81 bits per heavy atom. The fraction of sp³-hybridized carbons (Fsp3) is 0.538. The van der Waals surface area contributed by atoms with Gasteiger partial charge in [0.1, 0.15) is 5.60 Å². The van der Waals surface area contributed by atoms with Gasteiger partial charge < -0.3 is 15.2 Å². The molecule has 16 heavy (non-hydrogen) atoms. The molecule has 2 rings (SSSR count). The molecular formula is C13H19NO2. The van der Waals surface area contributed by atoms with Gasteiger partial charge in [-0.05, 0) is 25.5 Å². The third-order valence-corrected chi connectivity index (χ3v) is 3.01. The van der Waals surface area contributed by atoms with E-state index in [9.17, 15) is 5.11 Å². The van der Waals surface area contributed by atoms with Crippen molar-refractivity contribution >= 4 is 0 Å². The Morgan fingerprint density at radius 2 is 2.19 bits per heavy atom. The highest BCUT2D eigenvalue weighted by Gasteiger charge is 2.25. The van der Waals surface area contributed by atoms with Crippen LogP contribution in [0.15, 0.2) is 30.3 Å². The largest absolute Gasteiger partial charge is 0.383 e. The molecule has 1 aromatic carbocycles. The number of benzene rings is 1. The van der Waals surface area contributed by atoms with Gasteiger partial charge in [-0.1, -0.05) is 30.3 Å². The van der Waals surface area contributed by atoms with Gasteiger partial charge in [0.2, 0.25) is 0 Å². The van der Waals surface area contributed by atoms with Crippen LogP contribution in [0.2, 0.25) is 0 Å². The second-order valence-electron chi connectivity index (χ2n) is 4.57. The summed E-state index contributed by atoms with van der Waals surface area (Å²) >= 11 is 0. The lowest BCUT2D eigenvalue weighted by atomic mass is 9.97. The number of hydrogen-bond acceptors (Lipinski definition) is 3. The third-order valence-electron chi connectivity index (χ3n) is 3.01. The van der Waals surface area contributed by atoms with E-state index in [1.807, 2.05) is 30.3 Å².